The third-order valence-electron chi connectivity index (χ3n) is 11.5. The first-order chi connectivity index (χ1) is 32.5. The Hall–Kier alpha value is -4.71. The number of carbonyl (C=O) groups is 13. The van der Waals surface area contributed by atoms with Crippen molar-refractivity contribution < 1.29 is 121 Å². The molecule has 5 heterocycles. The Kier molecular flexibility index (Phi) is 26.0. The van der Waals surface area contributed by atoms with Crippen LogP contribution in [0.15, 0.2) is 0 Å². The maximum absolute atomic E-state index is 12.3. The zero-order chi connectivity index (χ0) is 53.1. The van der Waals surface area contributed by atoms with Crippen LogP contribution in [0.3, 0.4) is 0 Å². The fourth-order valence-corrected chi connectivity index (χ4v) is 9.88. The van der Waals surface area contributed by atoms with Gasteiger partial charge in [-0.25, -0.2) is 14.4 Å². The Balaban J connectivity index is 0.000000533. The third kappa shape index (κ3) is 17.5. The van der Waals surface area contributed by atoms with Crippen LogP contribution in [0.5, 0.6) is 0 Å². The fourth-order valence-electron chi connectivity index (χ4n) is 7.49. The van der Waals surface area contributed by atoms with E-state index in [-0.39, 0.29) is 167 Å². The van der Waals surface area contributed by atoms with Crippen molar-refractivity contribution in [2.24, 2.45) is 35.5 Å². The van der Waals surface area contributed by atoms with Crippen molar-refractivity contribution in [3.05, 3.63) is 6.42 Å². The second-order valence-electron chi connectivity index (χ2n) is 18.1. The van der Waals surface area contributed by atoms with Crippen LogP contribution in [0.4, 0.5) is 0 Å². The molecule has 0 aromatic carbocycles. The standard InChI is InChI=1S/C15H20N2O6.C15H19N2O6.C14H23NO7S2.CH4.U/c1-8(2)10-7-11(18)16(15(10)22)5-4-13(20)23-17-12(19)6-9(3)14(17)21;1-9(2)10-8-13(20)16(15(10)22)7-3-4-14(21)23-17-11(18)5-6-12(17)19;1-8(2)23-10(4)7-11(24(19,20)21-5)14(18)22-15-12(16)6-9(3)13(15)17;;/h8-10H,4-7H2,1-3H3;5,9-10H,3-4,6-8H2,1-2H3;8-11H,6-7H2,1-5H3;1H4;/q;-1;;;. The largest absolute Gasteiger partial charge is 0.353 e. The van der Waals surface area contributed by atoms with Crippen LogP contribution in [0.2, 0.25) is 0 Å². The first-order valence-corrected chi connectivity index (χ1v) is 25.1. The first kappa shape index (κ1) is 65.3. The van der Waals surface area contributed by atoms with Crippen molar-refractivity contribution in [3.63, 3.8) is 0 Å². The Bertz CT molecular complexity index is 2210. The molecule has 5 rings (SSSR count). The van der Waals surface area contributed by atoms with Crippen molar-refractivity contribution in [3.8, 4) is 0 Å². The molecule has 27 heteroatoms. The molecule has 10 amide bonds. The summed E-state index contributed by atoms with van der Waals surface area (Å²) in [6.07, 6.45) is 1.14. The van der Waals surface area contributed by atoms with Crippen molar-refractivity contribution in [2.45, 2.75) is 143 Å². The zero-order valence-corrected chi connectivity index (χ0v) is 47.2. The van der Waals surface area contributed by atoms with Gasteiger partial charge in [0, 0.05) is 105 Å². The maximum atomic E-state index is 12.3. The van der Waals surface area contributed by atoms with Crippen LogP contribution in [0.1, 0.15) is 128 Å². The summed E-state index contributed by atoms with van der Waals surface area (Å²) in [6.45, 7) is 16.3. The smallest absolute Gasteiger partial charge is 0.333 e. The molecular weight excluding hydrogens is 1220 g/mol. The molecule has 72 heavy (non-hydrogen) atoms. The summed E-state index contributed by atoms with van der Waals surface area (Å²) in [6, 6.07) is 0. The van der Waals surface area contributed by atoms with Gasteiger partial charge in [0.15, 0.2) is 5.25 Å². The number of imide groups is 5. The van der Waals surface area contributed by atoms with E-state index in [0.29, 0.717) is 15.2 Å². The van der Waals surface area contributed by atoms with Crippen LogP contribution in [-0.4, -0.2) is 146 Å². The molecule has 402 valence electrons. The number of carbonyl (C=O) groups excluding carboxylic acids is 13. The number of nitrogens with zero attached hydrogens (tertiary/aromatic N) is 5. The van der Waals surface area contributed by atoms with Gasteiger partial charge in [-0.1, -0.05) is 76.2 Å². The monoisotopic (exact) mass is 1280 g/mol. The molecule has 0 aromatic rings. The minimum atomic E-state index is -4.22. The molecule has 6 atom stereocenters. The summed E-state index contributed by atoms with van der Waals surface area (Å²) in [5.74, 6) is -9.16. The molecule has 0 aromatic heterocycles. The van der Waals surface area contributed by atoms with Crippen LogP contribution < -0.4 is 0 Å². The number of hydrogen-bond acceptors (Lipinski definition) is 20. The Morgan fingerprint density at radius 2 is 1.07 bits per heavy atom. The molecule has 0 bridgehead atoms. The van der Waals surface area contributed by atoms with Crippen molar-refractivity contribution in [2.75, 3.05) is 20.2 Å². The molecule has 6 unspecified atom stereocenters. The van der Waals surface area contributed by atoms with Gasteiger partial charge in [-0.2, -0.15) is 20.2 Å². The molecule has 5 aliphatic rings. The van der Waals surface area contributed by atoms with E-state index in [0.717, 1.165) is 23.3 Å². The summed E-state index contributed by atoms with van der Waals surface area (Å²) in [4.78, 5) is 169. The SMILES string of the molecule is C.CC(C)C1CC(=O)N(CCCC(=O)ON2C(=O)[CH-]CC2=O)C1=O.CC1CC(=O)N(OC(=O)CCN2C(=O)CC(C(C)C)C2=O)C1=O.COS(=O)(=O)C(CC(C)SC(C)C)C(=O)ON1C(=O)CC(C)C1=O.[U]. The Labute approximate surface area is 447 Å². The minimum Gasteiger partial charge on any atom is -0.333 e. The fraction of sp³-hybridized carbons (Fsp3) is 0.689. The number of hydroxylamine groups is 6. The predicted molar refractivity (Wildman–Crippen MR) is 247 cm³/mol. The van der Waals surface area contributed by atoms with Crippen molar-refractivity contribution in [1.82, 2.24) is 25.0 Å². The average molecular weight is 1280 g/mol. The van der Waals surface area contributed by atoms with Gasteiger partial charge in [-0.05, 0) is 29.9 Å². The molecule has 0 aliphatic carbocycles. The molecular formula is C45H66N5O19S2U-. The molecule has 5 saturated heterocycles. The quantitative estimate of drug-likeness (QED) is 0.102. The minimum absolute atomic E-state index is 0. The summed E-state index contributed by atoms with van der Waals surface area (Å²) >= 11 is 1.50. The Morgan fingerprint density at radius 1 is 0.625 bits per heavy atom. The van der Waals surface area contributed by atoms with Crippen LogP contribution >= 0.6 is 11.8 Å². The predicted octanol–water partition coefficient (Wildman–Crippen LogP) is 2.22. The molecule has 0 N–H and O–H groups in total. The van der Waals surface area contributed by atoms with Gasteiger partial charge in [-0.3, -0.25) is 63.6 Å². The second kappa shape index (κ2) is 28.7. The molecule has 5 fully saturated rings. The normalized spacial score (nSPS) is 21.9. The summed E-state index contributed by atoms with van der Waals surface area (Å²) < 4.78 is 28.5. The van der Waals surface area contributed by atoms with E-state index in [2.05, 4.69) is 9.02 Å². The Morgan fingerprint density at radius 3 is 1.46 bits per heavy atom. The van der Waals surface area contributed by atoms with Crippen LogP contribution in [0, 0.1) is 73.0 Å². The topological polar surface area (TPSA) is 309 Å². The summed E-state index contributed by atoms with van der Waals surface area (Å²) in [5, 5.41) is -0.284. The van der Waals surface area contributed by atoms with E-state index < -0.39 is 80.6 Å². The molecule has 0 radical (unpaired) electrons. The average Bonchev–Trinajstić information content (AvgIpc) is 3.99. The second-order valence-corrected chi connectivity index (χ2v) is 22.1. The van der Waals surface area contributed by atoms with E-state index in [1.807, 2.05) is 41.5 Å². The number of thioether (sulfide) groups is 1. The van der Waals surface area contributed by atoms with E-state index in [1.165, 1.54) is 18.7 Å². The van der Waals surface area contributed by atoms with Gasteiger partial charge >= 0.3 is 17.9 Å². The molecule has 0 saturated carbocycles. The van der Waals surface area contributed by atoms with Crippen LogP contribution in [0.25, 0.3) is 0 Å². The number of hydrogen-bond donors (Lipinski definition) is 0. The van der Waals surface area contributed by atoms with Crippen molar-refractivity contribution >= 4 is 98.9 Å². The van der Waals surface area contributed by atoms with Gasteiger partial charge in [-0.15, -0.1) is 15.2 Å². The summed E-state index contributed by atoms with van der Waals surface area (Å²) in [7, 11) is -3.27. The van der Waals surface area contributed by atoms with E-state index in [4.69, 9.17) is 9.68 Å². The number of rotatable bonds is 19. The van der Waals surface area contributed by atoms with Gasteiger partial charge in [0.25, 0.3) is 33.7 Å². The zero-order valence-electron chi connectivity index (χ0n) is 41.4. The van der Waals surface area contributed by atoms with E-state index in [1.54, 1.807) is 13.8 Å². The molecule has 0 spiro atoms. The van der Waals surface area contributed by atoms with E-state index >= 15 is 0 Å². The number of likely N-dealkylation sites (tertiary alicyclic amines) is 2. The van der Waals surface area contributed by atoms with Gasteiger partial charge in [0.1, 0.15) is 5.91 Å². The maximum Gasteiger partial charge on any atom is 0.353 e. The van der Waals surface area contributed by atoms with E-state index in [9.17, 15) is 70.7 Å². The van der Waals surface area contributed by atoms with Crippen LogP contribution in [-0.2, 0) is 91.1 Å². The number of amides is 10. The summed E-state index contributed by atoms with van der Waals surface area (Å²) in [5.41, 5.74) is 0. The van der Waals surface area contributed by atoms with Gasteiger partial charge < -0.3 is 19.3 Å². The van der Waals surface area contributed by atoms with Gasteiger partial charge in [0.2, 0.25) is 29.5 Å². The van der Waals surface area contributed by atoms with Gasteiger partial charge in [0.05, 0.1) is 13.5 Å². The molecule has 24 nitrogen and oxygen atoms in total. The first-order valence-electron chi connectivity index (χ1n) is 22.7. The molecule has 5 aliphatic heterocycles. The van der Waals surface area contributed by atoms with Crippen molar-refractivity contribution in [1.29, 1.82) is 0 Å². The third-order valence-corrected chi connectivity index (χ3v) is 14.2.